The Balaban J connectivity index is 2.36. The third-order valence-electron chi connectivity index (χ3n) is 3.53. The summed E-state index contributed by atoms with van der Waals surface area (Å²) < 4.78 is 0. The molecule has 0 N–H and O–H groups in total. The Morgan fingerprint density at radius 1 is 0.833 bits per heavy atom. The van der Waals surface area contributed by atoms with E-state index in [4.69, 9.17) is 11.6 Å². The van der Waals surface area contributed by atoms with Crippen LogP contribution in [0.2, 0.25) is 5.02 Å². The summed E-state index contributed by atoms with van der Waals surface area (Å²) in [5, 5.41) is 3.39. The van der Waals surface area contributed by atoms with Crippen molar-refractivity contribution in [2.45, 2.75) is 26.3 Å². The molecule has 0 saturated heterocycles. The molecule has 126 valence electrons. The van der Waals surface area contributed by atoms with Crippen molar-refractivity contribution in [1.82, 2.24) is 10.0 Å². The van der Waals surface area contributed by atoms with Gasteiger partial charge in [0.1, 0.15) is 0 Å². The van der Waals surface area contributed by atoms with E-state index in [-0.39, 0.29) is 11.8 Å². The fourth-order valence-electron chi connectivity index (χ4n) is 2.46. The van der Waals surface area contributed by atoms with Crippen LogP contribution in [-0.4, -0.2) is 34.4 Å². The molecule has 0 fully saturated rings. The number of nitrogens with zero attached hydrogens (tertiary/aromatic N) is 2. The minimum Gasteiger partial charge on any atom is -0.267 e. The predicted octanol–water partition coefficient (Wildman–Crippen LogP) is 4.27. The van der Waals surface area contributed by atoms with Gasteiger partial charge in [-0.3, -0.25) is 9.59 Å². The Morgan fingerprint density at radius 2 is 1.33 bits per heavy atom. The van der Waals surface area contributed by atoms with Crippen LogP contribution >= 0.6 is 11.6 Å². The molecule has 0 bridgehead atoms. The van der Waals surface area contributed by atoms with Crippen LogP contribution in [0.1, 0.15) is 41.5 Å². The standard InChI is InChI=1S/C19H21ClN2O2/c1-19(2,3)22(18(24)14-8-6-5-7-9-14)21(4)17(23)15-10-12-16(20)13-11-15/h5-13H,1-4H3. The third kappa shape index (κ3) is 3.95. The van der Waals surface area contributed by atoms with Crippen LogP contribution in [-0.2, 0) is 0 Å². The van der Waals surface area contributed by atoms with Crippen LogP contribution < -0.4 is 0 Å². The second-order valence-electron chi connectivity index (χ2n) is 6.49. The lowest BCUT2D eigenvalue weighted by atomic mass is 10.1. The predicted molar refractivity (Wildman–Crippen MR) is 95.9 cm³/mol. The van der Waals surface area contributed by atoms with Gasteiger partial charge in [-0.1, -0.05) is 29.8 Å². The zero-order chi connectivity index (χ0) is 17.9. The molecule has 2 amide bonds. The molecular weight excluding hydrogens is 324 g/mol. The van der Waals surface area contributed by atoms with Crippen LogP contribution in [0.15, 0.2) is 54.6 Å². The summed E-state index contributed by atoms with van der Waals surface area (Å²) in [6.45, 7) is 5.67. The number of rotatable bonds is 2. The van der Waals surface area contributed by atoms with E-state index in [1.165, 1.54) is 10.0 Å². The number of benzene rings is 2. The first-order chi connectivity index (χ1) is 11.2. The number of amides is 2. The number of hydrogen-bond acceptors (Lipinski definition) is 2. The molecule has 0 radical (unpaired) electrons. The van der Waals surface area contributed by atoms with Crippen LogP contribution in [0.3, 0.4) is 0 Å². The smallest absolute Gasteiger partial charge is 0.267 e. The first-order valence-electron chi connectivity index (χ1n) is 7.65. The lowest BCUT2D eigenvalue weighted by Gasteiger charge is -2.41. The highest BCUT2D eigenvalue weighted by atomic mass is 35.5. The number of hydrazine groups is 1. The van der Waals surface area contributed by atoms with E-state index < -0.39 is 5.54 Å². The second kappa shape index (κ2) is 7.05. The van der Waals surface area contributed by atoms with Crippen LogP contribution in [0, 0.1) is 0 Å². The minimum atomic E-state index is -0.566. The van der Waals surface area contributed by atoms with Crippen molar-refractivity contribution < 1.29 is 9.59 Å². The zero-order valence-corrected chi connectivity index (χ0v) is 15.0. The summed E-state index contributed by atoms with van der Waals surface area (Å²) in [5.74, 6) is -0.501. The molecule has 2 aromatic rings. The molecule has 0 heterocycles. The quantitative estimate of drug-likeness (QED) is 0.763. The Hall–Kier alpha value is -2.33. The summed E-state index contributed by atoms with van der Waals surface area (Å²) in [6, 6.07) is 15.5. The molecule has 5 heteroatoms. The van der Waals surface area contributed by atoms with Crippen molar-refractivity contribution in [3.63, 3.8) is 0 Å². The third-order valence-corrected chi connectivity index (χ3v) is 3.79. The van der Waals surface area contributed by atoms with Gasteiger partial charge in [-0.2, -0.15) is 0 Å². The van der Waals surface area contributed by atoms with Crippen molar-refractivity contribution in [1.29, 1.82) is 0 Å². The van der Waals surface area contributed by atoms with E-state index in [1.54, 1.807) is 55.6 Å². The molecule has 2 rings (SSSR count). The van der Waals surface area contributed by atoms with E-state index in [9.17, 15) is 9.59 Å². The molecule has 0 aliphatic heterocycles. The molecule has 0 aliphatic carbocycles. The average molecular weight is 345 g/mol. The lowest BCUT2D eigenvalue weighted by Crippen LogP contribution is -2.56. The van der Waals surface area contributed by atoms with Crippen molar-refractivity contribution in [3.05, 3.63) is 70.7 Å². The molecule has 0 aromatic heterocycles. The maximum atomic E-state index is 12.9. The van der Waals surface area contributed by atoms with Gasteiger partial charge in [-0.15, -0.1) is 0 Å². The molecular formula is C19H21ClN2O2. The van der Waals surface area contributed by atoms with Crippen LogP contribution in [0.5, 0.6) is 0 Å². The zero-order valence-electron chi connectivity index (χ0n) is 14.3. The highest BCUT2D eigenvalue weighted by Gasteiger charge is 2.33. The Morgan fingerprint density at radius 3 is 1.83 bits per heavy atom. The summed E-state index contributed by atoms with van der Waals surface area (Å²) in [4.78, 5) is 25.7. The maximum absolute atomic E-state index is 12.9. The first kappa shape index (κ1) is 18.0. The SMILES string of the molecule is CN(C(=O)c1ccc(Cl)cc1)N(C(=O)c1ccccc1)C(C)(C)C. The van der Waals surface area contributed by atoms with Crippen LogP contribution in [0.25, 0.3) is 0 Å². The second-order valence-corrected chi connectivity index (χ2v) is 6.93. The lowest BCUT2D eigenvalue weighted by molar-refractivity contribution is -0.0308. The number of carbonyl (C=O) groups excluding carboxylic acids is 2. The van der Waals surface area contributed by atoms with E-state index in [0.29, 0.717) is 16.1 Å². The fourth-order valence-corrected chi connectivity index (χ4v) is 2.59. The highest BCUT2D eigenvalue weighted by Crippen LogP contribution is 2.21. The van der Waals surface area contributed by atoms with Gasteiger partial charge in [0.15, 0.2) is 0 Å². The van der Waals surface area contributed by atoms with Crippen molar-refractivity contribution in [2.75, 3.05) is 7.05 Å². The summed E-state index contributed by atoms with van der Waals surface area (Å²) in [7, 11) is 1.60. The normalized spacial score (nSPS) is 11.0. The first-order valence-corrected chi connectivity index (χ1v) is 8.03. The van der Waals surface area contributed by atoms with Gasteiger partial charge in [0.2, 0.25) is 0 Å². The van der Waals surface area contributed by atoms with Gasteiger partial charge in [-0.05, 0) is 57.2 Å². The largest absolute Gasteiger partial charge is 0.272 e. The summed E-state index contributed by atoms with van der Waals surface area (Å²) in [6.07, 6.45) is 0. The molecule has 0 aliphatic rings. The number of hydrogen-bond donors (Lipinski definition) is 0. The molecule has 2 aromatic carbocycles. The van der Waals surface area contributed by atoms with E-state index in [2.05, 4.69) is 0 Å². The van der Waals surface area contributed by atoms with Gasteiger partial charge in [0.25, 0.3) is 11.8 Å². The van der Waals surface area contributed by atoms with Gasteiger partial charge < -0.3 is 0 Å². The van der Waals surface area contributed by atoms with Gasteiger partial charge >= 0.3 is 0 Å². The molecule has 24 heavy (non-hydrogen) atoms. The van der Waals surface area contributed by atoms with Crippen molar-refractivity contribution in [2.24, 2.45) is 0 Å². The minimum absolute atomic E-state index is 0.229. The number of halogens is 1. The van der Waals surface area contributed by atoms with Gasteiger partial charge in [0, 0.05) is 23.2 Å². The summed E-state index contributed by atoms with van der Waals surface area (Å²) >= 11 is 5.87. The number of carbonyl (C=O) groups is 2. The van der Waals surface area contributed by atoms with E-state index in [1.807, 2.05) is 26.8 Å². The van der Waals surface area contributed by atoms with Crippen LogP contribution in [0.4, 0.5) is 0 Å². The molecule has 0 atom stereocenters. The fraction of sp³-hybridized carbons (Fsp3) is 0.263. The maximum Gasteiger partial charge on any atom is 0.272 e. The topological polar surface area (TPSA) is 40.6 Å². The van der Waals surface area contributed by atoms with Crippen molar-refractivity contribution >= 4 is 23.4 Å². The van der Waals surface area contributed by atoms with Gasteiger partial charge in [0.05, 0.1) is 5.54 Å². The van der Waals surface area contributed by atoms with Gasteiger partial charge in [-0.25, -0.2) is 10.0 Å². The molecule has 0 spiro atoms. The summed E-state index contributed by atoms with van der Waals surface area (Å²) in [5.41, 5.74) is 0.434. The monoisotopic (exact) mass is 344 g/mol. The molecule has 0 saturated carbocycles. The molecule has 4 nitrogen and oxygen atoms in total. The van der Waals surface area contributed by atoms with Crippen molar-refractivity contribution in [3.8, 4) is 0 Å². The average Bonchev–Trinajstić information content (AvgIpc) is 2.54. The Kier molecular flexibility index (Phi) is 5.30. The van der Waals surface area contributed by atoms with E-state index in [0.717, 1.165) is 0 Å². The molecule has 0 unspecified atom stereocenters. The Labute approximate surface area is 147 Å². The highest BCUT2D eigenvalue weighted by molar-refractivity contribution is 6.30. The Bertz CT molecular complexity index is 721. The van der Waals surface area contributed by atoms with E-state index >= 15 is 0 Å².